The molecule has 7 heteroatoms. The zero-order valence-electron chi connectivity index (χ0n) is 14.0. The minimum atomic E-state index is -0.465. The van der Waals surface area contributed by atoms with Crippen LogP contribution in [0.15, 0.2) is 66.7 Å². The van der Waals surface area contributed by atoms with Crippen molar-refractivity contribution in [3.63, 3.8) is 0 Å². The predicted molar refractivity (Wildman–Crippen MR) is 99.1 cm³/mol. The van der Waals surface area contributed by atoms with Gasteiger partial charge >= 0.3 is 0 Å². The molecule has 3 aromatic rings. The summed E-state index contributed by atoms with van der Waals surface area (Å²) in [5, 5.41) is 17.8. The van der Waals surface area contributed by atoms with Gasteiger partial charge in [-0.3, -0.25) is 14.9 Å². The number of hydrogen-bond acceptors (Lipinski definition) is 4. The molecule has 1 heterocycles. The van der Waals surface area contributed by atoms with Gasteiger partial charge in [0.05, 0.1) is 16.3 Å². The molecule has 130 valence electrons. The zero-order chi connectivity index (χ0) is 18.5. The lowest BCUT2D eigenvalue weighted by Gasteiger charge is -2.07. The summed E-state index contributed by atoms with van der Waals surface area (Å²) in [5.41, 5.74) is 2.33. The summed E-state index contributed by atoms with van der Waals surface area (Å²) in [6.07, 6.45) is 2.97. The highest BCUT2D eigenvalue weighted by atomic mass is 16.6. The van der Waals surface area contributed by atoms with Gasteiger partial charge in [0.2, 0.25) is 5.91 Å². The van der Waals surface area contributed by atoms with Gasteiger partial charge in [0.1, 0.15) is 5.82 Å². The number of rotatable bonds is 5. The number of nitrogens with one attached hydrogen (secondary N) is 1. The van der Waals surface area contributed by atoms with Gasteiger partial charge in [0.15, 0.2) is 0 Å². The Morgan fingerprint density at radius 1 is 1.15 bits per heavy atom. The fourth-order valence-electron chi connectivity index (χ4n) is 2.40. The summed E-state index contributed by atoms with van der Waals surface area (Å²) < 4.78 is 1.66. The summed E-state index contributed by atoms with van der Waals surface area (Å²) >= 11 is 0. The molecule has 26 heavy (non-hydrogen) atoms. The fourth-order valence-corrected chi connectivity index (χ4v) is 2.40. The van der Waals surface area contributed by atoms with E-state index in [0.717, 1.165) is 11.4 Å². The smallest absolute Gasteiger partial charge is 0.269 e. The molecule has 1 amide bonds. The second kappa shape index (κ2) is 7.43. The molecule has 0 aliphatic heterocycles. The van der Waals surface area contributed by atoms with E-state index in [4.69, 9.17) is 0 Å². The van der Waals surface area contributed by atoms with Crippen LogP contribution in [0.5, 0.6) is 0 Å². The van der Waals surface area contributed by atoms with Gasteiger partial charge in [-0.1, -0.05) is 18.2 Å². The minimum Gasteiger partial charge on any atom is -0.307 e. The van der Waals surface area contributed by atoms with Crippen LogP contribution in [0, 0.1) is 17.0 Å². The first-order valence-corrected chi connectivity index (χ1v) is 7.88. The molecular weight excluding hydrogens is 332 g/mol. The standard InChI is InChI=1S/C19H16N4O3/c1-14-13-18(22(21-14)16-5-3-2-4-6-16)20-19(24)12-9-15-7-10-17(11-8-15)23(25)26/h2-13H,1H3,(H,20,24). The Morgan fingerprint density at radius 2 is 1.85 bits per heavy atom. The largest absolute Gasteiger partial charge is 0.307 e. The molecule has 3 rings (SSSR count). The highest BCUT2D eigenvalue weighted by Crippen LogP contribution is 2.17. The van der Waals surface area contributed by atoms with Crippen LogP contribution >= 0.6 is 0 Å². The second-order valence-corrected chi connectivity index (χ2v) is 5.59. The van der Waals surface area contributed by atoms with Crippen molar-refractivity contribution in [2.75, 3.05) is 5.32 Å². The molecular formula is C19H16N4O3. The quantitative estimate of drug-likeness (QED) is 0.432. The first-order valence-electron chi connectivity index (χ1n) is 7.88. The minimum absolute atomic E-state index is 0.00818. The lowest BCUT2D eigenvalue weighted by molar-refractivity contribution is -0.384. The zero-order valence-corrected chi connectivity index (χ0v) is 14.0. The number of carbonyl (C=O) groups excluding carboxylic acids is 1. The maximum absolute atomic E-state index is 12.2. The lowest BCUT2D eigenvalue weighted by Crippen LogP contribution is -2.12. The molecule has 1 aromatic heterocycles. The molecule has 0 bridgehead atoms. The number of amides is 1. The Kier molecular flexibility index (Phi) is 4.89. The number of hydrogen-bond donors (Lipinski definition) is 1. The number of aromatic nitrogens is 2. The maximum Gasteiger partial charge on any atom is 0.269 e. The van der Waals surface area contributed by atoms with Crippen LogP contribution in [0.4, 0.5) is 11.5 Å². The van der Waals surface area contributed by atoms with Crippen molar-refractivity contribution in [1.29, 1.82) is 0 Å². The van der Waals surface area contributed by atoms with E-state index in [1.54, 1.807) is 29.0 Å². The van der Waals surface area contributed by atoms with Crippen molar-refractivity contribution in [2.45, 2.75) is 6.92 Å². The van der Waals surface area contributed by atoms with E-state index in [9.17, 15) is 14.9 Å². The Labute approximate surface area is 149 Å². The van der Waals surface area contributed by atoms with E-state index < -0.39 is 4.92 Å². The van der Waals surface area contributed by atoms with Crippen LogP contribution in [0.25, 0.3) is 11.8 Å². The maximum atomic E-state index is 12.2. The van der Waals surface area contributed by atoms with Crippen molar-refractivity contribution in [3.05, 3.63) is 88.1 Å². The van der Waals surface area contributed by atoms with Gasteiger partial charge in [-0.15, -0.1) is 0 Å². The van der Waals surface area contributed by atoms with Crippen molar-refractivity contribution in [1.82, 2.24) is 9.78 Å². The summed E-state index contributed by atoms with van der Waals surface area (Å²) in [6.45, 7) is 1.85. The van der Waals surface area contributed by atoms with Crippen molar-refractivity contribution in [3.8, 4) is 5.69 Å². The number of nitrogens with zero attached hydrogens (tertiary/aromatic N) is 3. The van der Waals surface area contributed by atoms with Crippen molar-refractivity contribution in [2.24, 2.45) is 0 Å². The van der Waals surface area contributed by atoms with Gasteiger partial charge in [-0.2, -0.15) is 5.10 Å². The average Bonchev–Trinajstić information content (AvgIpc) is 3.01. The van der Waals surface area contributed by atoms with E-state index in [2.05, 4.69) is 10.4 Å². The van der Waals surface area contributed by atoms with E-state index in [1.807, 2.05) is 37.3 Å². The number of carbonyl (C=O) groups is 1. The summed E-state index contributed by atoms with van der Waals surface area (Å²) in [5.74, 6) is 0.243. The number of non-ortho nitro benzene ring substituents is 1. The fraction of sp³-hybridized carbons (Fsp3) is 0.0526. The number of nitro groups is 1. The molecule has 1 N–H and O–H groups in total. The third-order valence-corrected chi connectivity index (χ3v) is 3.61. The Bertz CT molecular complexity index is 960. The van der Waals surface area contributed by atoms with Crippen molar-refractivity contribution >= 4 is 23.5 Å². The monoisotopic (exact) mass is 348 g/mol. The third-order valence-electron chi connectivity index (χ3n) is 3.61. The van der Waals surface area contributed by atoms with E-state index in [1.165, 1.54) is 18.2 Å². The van der Waals surface area contributed by atoms with Crippen LogP contribution in [0.2, 0.25) is 0 Å². The second-order valence-electron chi connectivity index (χ2n) is 5.59. The van der Waals surface area contributed by atoms with E-state index in [-0.39, 0.29) is 11.6 Å². The average molecular weight is 348 g/mol. The Balaban J connectivity index is 1.73. The number of nitro benzene ring substituents is 1. The number of aryl methyl sites for hydroxylation is 1. The first-order chi connectivity index (χ1) is 12.5. The molecule has 0 aliphatic rings. The van der Waals surface area contributed by atoms with Crippen molar-refractivity contribution < 1.29 is 9.72 Å². The van der Waals surface area contributed by atoms with Crippen LogP contribution in [-0.4, -0.2) is 20.6 Å². The van der Waals surface area contributed by atoms with Gasteiger partial charge in [-0.05, 0) is 42.8 Å². The molecule has 0 spiro atoms. The molecule has 0 saturated heterocycles. The van der Waals surface area contributed by atoms with Crippen LogP contribution < -0.4 is 5.32 Å². The summed E-state index contributed by atoms with van der Waals surface area (Å²) in [7, 11) is 0. The normalized spacial score (nSPS) is 10.8. The molecule has 2 aromatic carbocycles. The number of para-hydroxylation sites is 1. The van der Waals surface area contributed by atoms with Crippen LogP contribution in [0.1, 0.15) is 11.3 Å². The van der Waals surface area contributed by atoms with Gasteiger partial charge in [-0.25, -0.2) is 4.68 Å². The molecule has 0 fully saturated rings. The highest BCUT2D eigenvalue weighted by molar-refractivity contribution is 6.01. The molecule has 0 atom stereocenters. The Hall–Kier alpha value is -3.74. The van der Waals surface area contributed by atoms with Crippen LogP contribution in [-0.2, 0) is 4.79 Å². The lowest BCUT2D eigenvalue weighted by atomic mass is 10.2. The van der Waals surface area contributed by atoms with Gasteiger partial charge < -0.3 is 5.32 Å². The number of anilines is 1. The summed E-state index contributed by atoms with van der Waals surface area (Å²) in [6, 6.07) is 17.2. The molecule has 0 radical (unpaired) electrons. The van der Waals surface area contributed by atoms with Gasteiger partial charge in [0.25, 0.3) is 5.69 Å². The topological polar surface area (TPSA) is 90.1 Å². The molecule has 0 saturated carbocycles. The van der Waals surface area contributed by atoms with Crippen LogP contribution in [0.3, 0.4) is 0 Å². The SMILES string of the molecule is Cc1cc(NC(=O)C=Cc2ccc([N+](=O)[O-])cc2)n(-c2ccccc2)n1. The Morgan fingerprint density at radius 3 is 2.50 bits per heavy atom. The highest BCUT2D eigenvalue weighted by Gasteiger charge is 2.09. The van der Waals surface area contributed by atoms with E-state index in [0.29, 0.717) is 11.4 Å². The molecule has 7 nitrogen and oxygen atoms in total. The molecule has 0 unspecified atom stereocenters. The van der Waals surface area contributed by atoms with E-state index >= 15 is 0 Å². The summed E-state index contributed by atoms with van der Waals surface area (Å²) in [4.78, 5) is 22.4. The number of benzene rings is 2. The molecule has 0 aliphatic carbocycles. The van der Waals surface area contributed by atoms with Gasteiger partial charge in [0, 0.05) is 24.3 Å². The predicted octanol–water partition coefficient (Wildman–Crippen LogP) is 3.74. The third kappa shape index (κ3) is 4.02. The first kappa shape index (κ1) is 17.1.